The number of halogens is 5. The molecule has 228 valence electrons. The molecule has 1 N–H and O–H groups in total. The number of piperidine rings is 1. The van der Waals surface area contributed by atoms with E-state index in [4.69, 9.17) is 21.3 Å². The summed E-state index contributed by atoms with van der Waals surface area (Å²) in [6.45, 7) is 0.705. The van der Waals surface area contributed by atoms with Crippen LogP contribution >= 0.6 is 22.9 Å². The average Bonchev–Trinajstić information content (AvgIpc) is 3.68. The second kappa shape index (κ2) is 12.4. The van der Waals surface area contributed by atoms with Crippen LogP contribution in [0.1, 0.15) is 65.2 Å². The van der Waals surface area contributed by atoms with Crippen LogP contribution in [0.15, 0.2) is 29.6 Å². The molecule has 42 heavy (non-hydrogen) atoms. The second-order valence-corrected chi connectivity index (χ2v) is 12.7. The van der Waals surface area contributed by atoms with Crippen molar-refractivity contribution < 1.29 is 40.1 Å². The first-order chi connectivity index (χ1) is 19.9. The Bertz CT molecular complexity index is 1550. The SMILES string of the molecule is O=C(Cn1nc(C(F)F)cc1C(F)F)N1CCC(c2nc(N3CO[C@H](c4c(Cl)cccc4CS(=O)(=O)O)C3)cs2)CC1. The fourth-order valence-corrected chi connectivity index (χ4v) is 7.12. The van der Waals surface area contributed by atoms with E-state index in [1.165, 1.54) is 16.2 Å². The average molecular weight is 652 g/mol. The zero-order chi connectivity index (χ0) is 30.2. The summed E-state index contributed by atoms with van der Waals surface area (Å²) in [5, 5.41) is 6.56. The molecule has 0 bridgehead atoms. The molecule has 1 aromatic carbocycles. The van der Waals surface area contributed by atoms with Crippen molar-refractivity contribution >= 4 is 44.8 Å². The molecule has 2 saturated heterocycles. The molecule has 2 aliphatic heterocycles. The van der Waals surface area contributed by atoms with Gasteiger partial charge in [0.15, 0.2) is 0 Å². The van der Waals surface area contributed by atoms with Gasteiger partial charge in [-0.15, -0.1) is 11.3 Å². The number of amides is 1. The molecule has 0 saturated carbocycles. The minimum atomic E-state index is -4.28. The molecule has 10 nitrogen and oxygen atoms in total. The topological polar surface area (TPSA) is 118 Å². The Kier molecular flexibility index (Phi) is 9.08. The van der Waals surface area contributed by atoms with Gasteiger partial charge in [0.1, 0.15) is 42.3 Å². The zero-order valence-corrected chi connectivity index (χ0v) is 24.3. The Morgan fingerprint density at radius 1 is 1.19 bits per heavy atom. The Morgan fingerprint density at radius 2 is 1.93 bits per heavy atom. The smallest absolute Gasteiger partial charge is 0.282 e. The third-order valence-electron chi connectivity index (χ3n) is 7.21. The molecule has 5 rings (SSSR count). The number of likely N-dealkylation sites (tertiary alicyclic amines) is 1. The lowest BCUT2D eigenvalue weighted by molar-refractivity contribution is -0.133. The van der Waals surface area contributed by atoms with Gasteiger partial charge in [0, 0.05) is 35.0 Å². The molecule has 2 fully saturated rings. The number of ether oxygens (including phenoxy) is 1. The van der Waals surface area contributed by atoms with Crippen molar-refractivity contribution in [3.05, 3.63) is 62.2 Å². The van der Waals surface area contributed by atoms with E-state index in [-0.39, 0.29) is 12.6 Å². The van der Waals surface area contributed by atoms with Gasteiger partial charge in [0.05, 0.1) is 11.6 Å². The molecule has 2 aromatic heterocycles. The number of anilines is 1. The molecule has 4 heterocycles. The molecule has 0 spiro atoms. The van der Waals surface area contributed by atoms with Crippen LogP contribution in [0, 0.1) is 0 Å². The molecule has 17 heteroatoms. The molecule has 1 amide bonds. The second-order valence-electron chi connectivity index (χ2n) is 10.00. The molecular weight excluding hydrogens is 626 g/mol. The van der Waals surface area contributed by atoms with Gasteiger partial charge >= 0.3 is 0 Å². The van der Waals surface area contributed by atoms with Crippen molar-refractivity contribution in [1.29, 1.82) is 0 Å². The predicted octanol–water partition coefficient (Wildman–Crippen LogP) is 5.20. The highest BCUT2D eigenvalue weighted by atomic mass is 35.5. The van der Waals surface area contributed by atoms with E-state index in [1.54, 1.807) is 18.2 Å². The predicted molar refractivity (Wildman–Crippen MR) is 146 cm³/mol. The quantitative estimate of drug-likeness (QED) is 0.248. The Hall–Kier alpha value is -2.79. The number of benzene rings is 1. The van der Waals surface area contributed by atoms with Crippen LogP contribution in [-0.2, 0) is 31.9 Å². The van der Waals surface area contributed by atoms with E-state index in [1.807, 2.05) is 10.3 Å². The Balaban J connectivity index is 1.19. The van der Waals surface area contributed by atoms with E-state index >= 15 is 0 Å². The molecule has 0 unspecified atom stereocenters. The first-order valence-corrected chi connectivity index (χ1v) is 15.7. The standard InChI is InChI=1S/C25H26ClF4N5O5S2/c26-16-3-1-2-15(12-42(37,38)39)22(16)19-9-34(13-40-19)20-11-41-25(31-20)14-4-6-33(7-5-14)21(36)10-35-18(24(29)30)8-17(32-35)23(27)28/h1-3,8,11,14,19,23-24H,4-7,9-10,12-13H2,(H,37,38,39)/t19-/m0/s1. The van der Waals surface area contributed by atoms with E-state index < -0.39 is 58.7 Å². The normalized spacial score (nSPS) is 18.5. The molecule has 1 atom stereocenters. The first-order valence-electron chi connectivity index (χ1n) is 12.9. The van der Waals surface area contributed by atoms with E-state index in [0.29, 0.717) is 65.2 Å². The monoisotopic (exact) mass is 651 g/mol. The lowest BCUT2D eigenvalue weighted by Gasteiger charge is -2.31. The number of hydrogen-bond acceptors (Lipinski definition) is 8. The number of alkyl halides is 4. The highest BCUT2D eigenvalue weighted by Crippen LogP contribution is 2.38. The van der Waals surface area contributed by atoms with E-state index in [9.17, 15) is 35.3 Å². The molecule has 0 radical (unpaired) electrons. The molecule has 2 aliphatic rings. The van der Waals surface area contributed by atoms with Crippen LogP contribution in [0.25, 0.3) is 0 Å². The summed E-state index contributed by atoms with van der Waals surface area (Å²) in [6.07, 6.45) is -5.43. The molecular formula is C25H26ClF4N5O5S2. The van der Waals surface area contributed by atoms with Gasteiger partial charge < -0.3 is 14.5 Å². The summed E-state index contributed by atoms with van der Waals surface area (Å²) in [4.78, 5) is 20.9. The van der Waals surface area contributed by atoms with Crippen LogP contribution in [-0.4, -0.2) is 64.9 Å². The first kappa shape index (κ1) is 30.7. The van der Waals surface area contributed by atoms with Crippen LogP contribution in [0.5, 0.6) is 0 Å². The van der Waals surface area contributed by atoms with Gasteiger partial charge in [-0.05, 0) is 30.5 Å². The Labute approximate surface area is 247 Å². The van der Waals surface area contributed by atoms with Crippen molar-refractivity contribution in [3.63, 3.8) is 0 Å². The van der Waals surface area contributed by atoms with Gasteiger partial charge in [0.2, 0.25) is 5.91 Å². The van der Waals surface area contributed by atoms with Crippen molar-refractivity contribution in [2.24, 2.45) is 0 Å². The van der Waals surface area contributed by atoms with Crippen molar-refractivity contribution in [2.75, 3.05) is 31.3 Å². The summed E-state index contributed by atoms with van der Waals surface area (Å²) in [6, 6.07) is 5.43. The van der Waals surface area contributed by atoms with Gasteiger partial charge in [-0.25, -0.2) is 22.5 Å². The minimum absolute atomic E-state index is 0.0591. The number of carbonyl (C=O) groups excluding carboxylic acids is 1. The largest absolute Gasteiger partial charge is 0.351 e. The number of carbonyl (C=O) groups is 1. The maximum Gasteiger partial charge on any atom is 0.282 e. The van der Waals surface area contributed by atoms with Crippen LogP contribution in [0.3, 0.4) is 0 Å². The van der Waals surface area contributed by atoms with Crippen LogP contribution in [0.4, 0.5) is 23.4 Å². The lowest BCUT2D eigenvalue weighted by Crippen LogP contribution is -2.40. The summed E-state index contributed by atoms with van der Waals surface area (Å²) >= 11 is 7.83. The highest BCUT2D eigenvalue weighted by molar-refractivity contribution is 7.85. The summed E-state index contributed by atoms with van der Waals surface area (Å²) in [7, 11) is -4.28. The fourth-order valence-electron chi connectivity index (χ4n) is 5.16. The van der Waals surface area contributed by atoms with Crippen molar-refractivity contribution in [2.45, 2.75) is 50.0 Å². The fraction of sp³-hybridized carbons (Fsp3) is 0.480. The number of rotatable bonds is 9. The van der Waals surface area contributed by atoms with E-state index in [0.717, 1.165) is 5.01 Å². The zero-order valence-electron chi connectivity index (χ0n) is 21.9. The maximum absolute atomic E-state index is 13.3. The maximum atomic E-state index is 13.3. The highest BCUT2D eigenvalue weighted by Gasteiger charge is 2.32. The van der Waals surface area contributed by atoms with Gasteiger partial charge in [0.25, 0.3) is 23.0 Å². The summed E-state index contributed by atoms with van der Waals surface area (Å²) in [5.41, 5.74) is -0.671. The van der Waals surface area contributed by atoms with Gasteiger partial charge in [-0.2, -0.15) is 13.5 Å². The number of aromatic nitrogens is 3. The molecule has 3 aromatic rings. The number of thiazole rings is 1. The van der Waals surface area contributed by atoms with Crippen molar-refractivity contribution in [1.82, 2.24) is 19.7 Å². The number of nitrogens with zero attached hydrogens (tertiary/aromatic N) is 5. The third kappa shape index (κ3) is 6.88. The van der Waals surface area contributed by atoms with Gasteiger partial charge in [-0.1, -0.05) is 23.7 Å². The minimum Gasteiger partial charge on any atom is -0.351 e. The van der Waals surface area contributed by atoms with Crippen LogP contribution in [0.2, 0.25) is 5.02 Å². The number of hydrogen-bond donors (Lipinski definition) is 1. The third-order valence-corrected chi connectivity index (χ3v) is 9.21. The van der Waals surface area contributed by atoms with Gasteiger partial charge in [-0.3, -0.25) is 14.0 Å². The lowest BCUT2D eigenvalue weighted by atomic mass is 9.97. The summed E-state index contributed by atoms with van der Waals surface area (Å²) in [5.74, 6) is -0.333. The van der Waals surface area contributed by atoms with Crippen LogP contribution < -0.4 is 4.90 Å². The summed E-state index contributed by atoms with van der Waals surface area (Å²) < 4.78 is 91.3. The molecule has 0 aliphatic carbocycles. The van der Waals surface area contributed by atoms with E-state index in [2.05, 4.69) is 5.10 Å². The Morgan fingerprint density at radius 3 is 2.60 bits per heavy atom. The van der Waals surface area contributed by atoms with Crippen molar-refractivity contribution in [3.8, 4) is 0 Å².